The number of amides is 2. The highest BCUT2D eigenvalue weighted by atomic mass is 32.1. The summed E-state index contributed by atoms with van der Waals surface area (Å²) in [6, 6.07) is 13.8. The van der Waals surface area contributed by atoms with Gasteiger partial charge in [0.2, 0.25) is 11.8 Å². The standard InChI is InChI=1S/C21H26N2O3S/c24-20(9-4-14-26-18-6-2-1-3-7-18)22-17-10-12-23(13-11-17)21(25)16-19-8-5-15-27-19/h1-3,5-8,15,17H,4,9-14,16H2,(H,22,24). The molecule has 1 aromatic heterocycles. The van der Waals surface area contributed by atoms with Crippen molar-refractivity contribution in [2.75, 3.05) is 19.7 Å². The summed E-state index contributed by atoms with van der Waals surface area (Å²) >= 11 is 1.62. The Morgan fingerprint density at radius 2 is 1.89 bits per heavy atom. The van der Waals surface area contributed by atoms with Crippen molar-refractivity contribution < 1.29 is 14.3 Å². The van der Waals surface area contributed by atoms with Gasteiger partial charge in [0.1, 0.15) is 5.75 Å². The molecule has 3 rings (SSSR count). The van der Waals surface area contributed by atoms with Gasteiger partial charge in [-0.1, -0.05) is 24.3 Å². The minimum atomic E-state index is 0.0648. The molecule has 1 N–H and O–H groups in total. The molecule has 1 fully saturated rings. The molecule has 2 aromatic rings. The number of thiophene rings is 1. The maximum Gasteiger partial charge on any atom is 0.227 e. The second-order valence-corrected chi connectivity index (χ2v) is 7.78. The lowest BCUT2D eigenvalue weighted by Gasteiger charge is -2.32. The highest BCUT2D eigenvalue weighted by Crippen LogP contribution is 2.15. The van der Waals surface area contributed by atoms with Gasteiger partial charge in [-0.3, -0.25) is 9.59 Å². The molecular formula is C21H26N2O3S. The smallest absolute Gasteiger partial charge is 0.227 e. The third-order valence-electron chi connectivity index (χ3n) is 4.68. The number of benzene rings is 1. The number of rotatable bonds is 8. The van der Waals surface area contributed by atoms with Gasteiger partial charge in [0, 0.05) is 30.4 Å². The zero-order valence-corrected chi connectivity index (χ0v) is 16.2. The van der Waals surface area contributed by atoms with Gasteiger partial charge in [-0.25, -0.2) is 0 Å². The van der Waals surface area contributed by atoms with Crippen LogP contribution in [0.3, 0.4) is 0 Å². The molecule has 0 aliphatic carbocycles. The Kier molecular flexibility index (Phi) is 7.27. The monoisotopic (exact) mass is 386 g/mol. The van der Waals surface area contributed by atoms with Crippen LogP contribution in [-0.2, 0) is 16.0 Å². The molecule has 0 radical (unpaired) electrons. The zero-order chi connectivity index (χ0) is 18.9. The molecule has 6 heteroatoms. The number of carbonyl (C=O) groups is 2. The van der Waals surface area contributed by atoms with E-state index in [0.717, 1.165) is 23.5 Å². The van der Waals surface area contributed by atoms with Crippen LogP contribution in [0.4, 0.5) is 0 Å². The van der Waals surface area contributed by atoms with Gasteiger partial charge < -0.3 is 15.0 Å². The molecule has 1 aliphatic rings. The molecule has 0 spiro atoms. The Bertz CT molecular complexity index is 710. The molecule has 1 saturated heterocycles. The molecule has 0 unspecified atom stereocenters. The average molecular weight is 387 g/mol. The first-order valence-corrected chi connectivity index (χ1v) is 10.4. The van der Waals surface area contributed by atoms with E-state index >= 15 is 0 Å². The maximum absolute atomic E-state index is 12.3. The van der Waals surface area contributed by atoms with Crippen molar-refractivity contribution in [2.24, 2.45) is 0 Å². The van der Waals surface area contributed by atoms with Crippen LogP contribution in [-0.4, -0.2) is 42.5 Å². The number of para-hydroxylation sites is 1. The van der Waals surface area contributed by atoms with E-state index in [-0.39, 0.29) is 17.9 Å². The highest BCUT2D eigenvalue weighted by molar-refractivity contribution is 7.10. The molecule has 0 bridgehead atoms. The molecule has 144 valence electrons. The van der Waals surface area contributed by atoms with Gasteiger partial charge in [0.05, 0.1) is 13.0 Å². The fraction of sp³-hybridized carbons (Fsp3) is 0.429. The molecule has 0 saturated carbocycles. The molecular weight excluding hydrogens is 360 g/mol. The zero-order valence-electron chi connectivity index (χ0n) is 15.4. The van der Waals surface area contributed by atoms with E-state index in [2.05, 4.69) is 5.32 Å². The van der Waals surface area contributed by atoms with Crippen LogP contribution in [0.15, 0.2) is 47.8 Å². The van der Waals surface area contributed by atoms with Crippen molar-refractivity contribution >= 4 is 23.2 Å². The summed E-state index contributed by atoms with van der Waals surface area (Å²) in [5, 5.41) is 5.09. The molecule has 2 heterocycles. The summed E-state index contributed by atoms with van der Waals surface area (Å²) < 4.78 is 5.61. The topological polar surface area (TPSA) is 58.6 Å². The Morgan fingerprint density at radius 1 is 1.11 bits per heavy atom. The molecule has 5 nitrogen and oxygen atoms in total. The molecule has 1 aliphatic heterocycles. The number of carbonyl (C=O) groups excluding carboxylic acids is 2. The maximum atomic E-state index is 12.3. The summed E-state index contributed by atoms with van der Waals surface area (Å²) in [6.45, 7) is 1.96. The normalized spacial score (nSPS) is 14.7. The number of ether oxygens (including phenoxy) is 1. The Hall–Kier alpha value is -2.34. The third kappa shape index (κ3) is 6.40. The van der Waals surface area contributed by atoms with Gasteiger partial charge >= 0.3 is 0 Å². The van der Waals surface area contributed by atoms with Crippen LogP contribution in [0.2, 0.25) is 0 Å². The average Bonchev–Trinajstić information content (AvgIpc) is 3.20. The second-order valence-electron chi connectivity index (χ2n) is 6.74. The summed E-state index contributed by atoms with van der Waals surface area (Å²) in [5.74, 6) is 1.08. The molecule has 27 heavy (non-hydrogen) atoms. The first-order valence-electron chi connectivity index (χ1n) is 9.48. The van der Waals surface area contributed by atoms with E-state index in [9.17, 15) is 9.59 Å². The number of hydrogen-bond acceptors (Lipinski definition) is 4. The Morgan fingerprint density at radius 3 is 2.59 bits per heavy atom. The number of nitrogens with zero attached hydrogens (tertiary/aromatic N) is 1. The first-order chi connectivity index (χ1) is 13.2. The number of piperidine rings is 1. The van der Waals surface area contributed by atoms with E-state index < -0.39 is 0 Å². The lowest BCUT2D eigenvalue weighted by Crippen LogP contribution is -2.46. The van der Waals surface area contributed by atoms with Crippen LogP contribution >= 0.6 is 11.3 Å². The summed E-state index contributed by atoms with van der Waals surface area (Å²) in [5.41, 5.74) is 0. The van der Waals surface area contributed by atoms with Crippen LogP contribution in [0.5, 0.6) is 5.75 Å². The van der Waals surface area contributed by atoms with Crippen molar-refractivity contribution in [2.45, 2.75) is 38.1 Å². The fourth-order valence-corrected chi connectivity index (χ4v) is 3.88. The summed E-state index contributed by atoms with van der Waals surface area (Å²) in [4.78, 5) is 27.4. The van der Waals surface area contributed by atoms with Gasteiger partial charge in [0.25, 0.3) is 0 Å². The van der Waals surface area contributed by atoms with Crippen LogP contribution < -0.4 is 10.1 Å². The molecule has 2 amide bonds. The van der Waals surface area contributed by atoms with Crippen molar-refractivity contribution in [3.8, 4) is 5.75 Å². The summed E-state index contributed by atoms with van der Waals surface area (Å²) in [7, 11) is 0. The van der Waals surface area contributed by atoms with Crippen LogP contribution in [0.25, 0.3) is 0 Å². The summed E-state index contributed by atoms with van der Waals surface area (Å²) in [6.07, 6.45) is 3.28. The van der Waals surface area contributed by atoms with Crippen molar-refractivity contribution in [1.29, 1.82) is 0 Å². The fourth-order valence-electron chi connectivity index (χ4n) is 3.19. The van der Waals surface area contributed by atoms with E-state index in [1.807, 2.05) is 52.7 Å². The van der Waals surface area contributed by atoms with Gasteiger partial charge in [0.15, 0.2) is 0 Å². The van der Waals surface area contributed by atoms with Crippen molar-refractivity contribution in [3.63, 3.8) is 0 Å². The minimum absolute atomic E-state index is 0.0648. The number of nitrogens with one attached hydrogen (secondary N) is 1. The lowest BCUT2D eigenvalue weighted by atomic mass is 10.0. The Balaban J connectivity index is 1.29. The second kappa shape index (κ2) is 10.1. The van der Waals surface area contributed by atoms with Crippen molar-refractivity contribution in [1.82, 2.24) is 10.2 Å². The SMILES string of the molecule is O=C(CCCOc1ccccc1)NC1CCN(C(=O)Cc2cccs2)CC1. The van der Waals surface area contributed by atoms with E-state index in [1.165, 1.54) is 0 Å². The minimum Gasteiger partial charge on any atom is -0.494 e. The largest absolute Gasteiger partial charge is 0.494 e. The van der Waals surface area contributed by atoms with E-state index in [4.69, 9.17) is 4.74 Å². The van der Waals surface area contributed by atoms with Gasteiger partial charge in [-0.05, 0) is 42.8 Å². The van der Waals surface area contributed by atoms with Crippen LogP contribution in [0.1, 0.15) is 30.6 Å². The van der Waals surface area contributed by atoms with Gasteiger partial charge in [-0.2, -0.15) is 0 Å². The van der Waals surface area contributed by atoms with E-state index in [0.29, 0.717) is 39.0 Å². The van der Waals surface area contributed by atoms with Crippen LogP contribution in [0, 0.1) is 0 Å². The number of likely N-dealkylation sites (tertiary alicyclic amines) is 1. The molecule has 1 aromatic carbocycles. The number of hydrogen-bond donors (Lipinski definition) is 1. The first kappa shape index (κ1) is 19.4. The quantitative estimate of drug-likeness (QED) is 0.709. The predicted octanol–water partition coefficient (Wildman–Crippen LogP) is 3.26. The molecule has 0 atom stereocenters. The van der Waals surface area contributed by atoms with Gasteiger partial charge in [-0.15, -0.1) is 11.3 Å². The highest BCUT2D eigenvalue weighted by Gasteiger charge is 2.23. The Labute approximate surface area is 164 Å². The van der Waals surface area contributed by atoms with E-state index in [1.54, 1.807) is 11.3 Å². The predicted molar refractivity (Wildman–Crippen MR) is 107 cm³/mol. The lowest BCUT2D eigenvalue weighted by molar-refractivity contribution is -0.131. The van der Waals surface area contributed by atoms with Crippen molar-refractivity contribution in [3.05, 3.63) is 52.7 Å². The third-order valence-corrected chi connectivity index (χ3v) is 5.55.